The number of hydrogen-bond donors (Lipinski definition) is 13. The summed E-state index contributed by atoms with van der Waals surface area (Å²) in [5.74, 6) is -0.00561. The molecule has 11 atom stereocenters. The van der Waals surface area contributed by atoms with Gasteiger partial charge in [-0.25, -0.2) is 0 Å². The molecule has 0 radical (unpaired) electrons. The zero-order valence-corrected chi connectivity index (χ0v) is 27.6. The number of carbonyl (C=O) groups is 1. The molecular weight excluding hydrogens is 630 g/mol. The van der Waals surface area contributed by atoms with Crippen LogP contribution >= 0.6 is 0 Å². The van der Waals surface area contributed by atoms with Gasteiger partial charge in [-0.1, -0.05) is 0 Å². The molecule has 18 nitrogen and oxygen atoms in total. The zero-order chi connectivity index (χ0) is 35.0. The fourth-order valence-electron chi connectivity index (χ4n) is 7.53. The topological polar surface area (TPSA) is 311 Å². The Kier molecular flexibility index (Phi) is 11.6. The van der Waals surface area contributed by atoms with Crippen LogP contribution in [0.4, 0.5) is 0 Å². The lowest BCUT2D eigenvalue weighted by molar-refractivity contribution is -0.304. The standard InChI is InChI=1S/C30H55N9O9/c1-29(43)12-45-26(21(41)24(29)36-2)48-23-19(39-27(42)30(44)8-15(9-30)38-28(34)35)7-17(33)22(20(23)40)47-25-18(4-3-16(10-31)46-25)37-11-13-5-14(32)6-13/h3,13-15,17-26,36-37,40-41,43-44H,4-12,31-33H2,1-2H3,(H,39,42)(H4,34,35,38)/t13?,14?,15?,17-,18+,19+,20-,21+,22?,23-,24+,25+,26+,29-,30?/m0/s1. The van der Waals surface area contributed by atoms with Crippen molar-refractivity contribution in [3.05, 3.63) is 11.8 Å². The summed E-state index contributed by atoms with van der Waals surface area (Å²) >= 11 is 0. The molecule has 1 saturated heterocycles. The summed E-state index contributed by atoms with van der Waals surface area (Å²) in [6, 6.07) is -3.03. The Morgan fingerprint density at radius 3 is 2.38 bits per heavy atom. The van der Waals surface area contributed by atoms with Gasteiger partial charge >= 0.3 is 0 Å². The lowest BCUT2D eigenvalue weighted by atomic mass is 9.74. The molecule has 0 spiro atoms. The molecule has 18 heteroatoms. The number of aliphatic hydroxyl groups is 4. The molecule has 5 rings (SSSR count). The van der Waals surface area contributed by atoms with Gasteiger partial charge in [0.25, 0.3) is 5.91 Å². The van der Waals surface area contributed by atoms with Crippen LogP contribution in [0.15, 0.2) is 11.8 Å². The lowest BCUT2D eigenvalue weighted by Gasteiger charge is -2.50. The van der Waals surface area contributed by atoms with Crippen molar-refractivity contribution in [1.29, 1.82) is 5.41 Å². The van der Waals surface area contributed by atoms with Crippen LogP contribution in [0.1, 0.15) is 45.4 Å². The molecule has 1 unspecified atom stereocenters. The molecule has 274 valence electrons. The minimum Gasteiger partial charge on any atom is -0.467 e. The normalized spacial score (nSPS) is 45.9. The molecule has 1 amide bonds. The number of rotatable bonds is 12. The van der Waals surface area contributed by atoms with Gasteiger partial charge in [0, 0.05) is 31.0 Å². The van der Waals surface area contributed by atoms with Crippen LogP contribution in [0.25, 0.3) is 0 Å². The lowest BCUT2D eigenvalue weighted by Crippen LogP contribution is -2.71. The predicted molar refractivity (Wildman–Crippen MR) is 172 cm³/mol. The average molecular weight is 686 g/mol. The average Bonchev–Trinajstić information content (AvgIpc) is 2.99. The monoisotopic (exact) mass is 685 g/mol. The first-order valence-corrected chi connectivity index (χ1v) is 16.8. The van der Waals surface area contributed by atoms with E-state index in [2.05, 4.69) is 21.3 Å². The number of aliphatic hydroxyl groups excluding tert-OH is 2. The zero-order valence-electron chi connectivity index (χ0n) is 27.6. The highest BCUT2D eigenvalue weighted by molar-refractivity contribution is 5.87. The van der Waals surface area contributed by atoms with E-state index in [4.69, 9.17) is 47.3 Å². The van der Waals surface area contributed by atoms with Gasteiger partial charge in [0.15, 0.2) is 12.2 Å². The van der Waals surface area contributed by atoms with E-state index in [1.54, 1.807) is 7.05 Å². The Hall–Kier alpha value is -2.20. The van der Waals surface area contributed by atoms with Crippen molar-refractivity contribution in [3.63, 3.8) is 0 Å². The fraction of sp³-hybridized carbons (Fsp3) is 0.867. The van der Waals surface area contributed by atoms with Crippen LogP contribution in [0.5, 0.6) is 0 Å². The van der Waals surface area contributed by atoms with Crippen molar-refractivity contribution < 1.29 is 44.2 Å². The second-order valence-corrected chi connectivity index (χ2v) is 14.4. The fourth-order valence-corrected chi connectivity index (χ4v) is 7.53. The number of carbonyl (C=O) groups excluding carboxylic acids is 1. The smallest absolute Gasteiger partial charge is 0.252 e. The molecular formula is C30H55N9O9. The van der Waals surface area contributed by atoms with Crippen molar-refractivity contribution in [2.45, 2.75) is 130 Å². The molecule has 3 aliphatic carbocycles. The van der Waals surface area contributed by atoms with E-state index in [1.807, 2.05) is 6.08 Å². The minimum absolute atomic E-state index is 0.0115. The van der Waals surface area contributed by atoms with E-state index in [9.17, 15) is 25.2 Å². The largest absolute Gasteiger partial charge is 0.467 e. The maximum Gasteiger partial charge on any atom is 0.252 e. The van der Waals surface area contributed by atoms with Crippen molar-refractivity contribution >= 4 is 11.9 Å². The molecule has 0 aromatic heterocycles. The molecule has 5 aliphatic rings. The van der Waals surface area contributed by atoms with Gasteiger partial charge in [0.05, 0.1) is 31.3 Å². The van der Waals surface area contributed by atoms with Crippen LogP contribution in [0.2, 0.25) is 0 Å². The van der Waals surface area contributed by atoms with Gasteiger partial charge in [-0.05, 0) is 58.2 Å². The van der Waals surface area contributed by atoms with Gasteiger partial charge in [-0.2, -0.15) is 0 Å². The van der Waals surface area contributed by atoms with Crippen molar-refractivity contribution in [1.82, 2.24) is 21.3 Å². The summed E-state index contributed by atoms with van der Waals surface area (Å²) < 4.78 is 24.4. The van der Waals surface area contributed by atoms with Crippen molar-refractivity contribution in [3.8, 4) is 0 Å². The van der Waals surface area contributed by atoms with E-state index in [0.717, 1.165) is 12.8 Å². The summed E-state index contributed by atoms with van der Waals surface area (Å²) in [4.78, 5) is 13.4. The molecule has 0 aromatic carbocycles. The Bertz CT molecular complexity index is 1170. The third-order valence-electron chi connectivity index (χ3n) is 10.3. The Morgan fingerprint density at radius 2 is 1.75 bits per heavy atom. The molecule has 0 bridgehead atoms. The SMILES string of the molecule is CN[C@@H]1[C@@H](O)[C@@H](O[C@H]2[C@H](NC(=O)C3(O)CC(NC(=N)N)C3)C[C@H](N)C(O[C@H]3OC(CN)=CC[C@H]3NCC3CC(N)C3)[C@@H]2O)OC[C@]1(C)O. The summed E-state index contributed by atoms with van der Waals surface area (Å²) in [5, 5.41) is 64.0. The Morgan fingerprint density at radius 1 is 1.06 bits per heavy atom. The number of amides is 1. The first kappa shape index (κ1) is 37.1. The van der Waals surface area contributed by atoms with E-state index in [1.165, 1.54) is 6.92 Å². The van der Waals surface area contributed by atoms with Crippen LogP contribution < -0.4 is 44.2 Å². The summed E-state index contributed by atoms with van der Waals surface area (Å²) in [6.45, 7) is 2.20. The van der Waals surface area contributed by atoms with E-state index >= 15 is 0 Å². The summed E-state index contributed by atoms with van der Waals surface area (Å²) in [5.41, 5.74) is 20.7. The maximum absolute atomic E-state index is 13.4. The third-order valence-corrected chi connectivity index (χ3v) is 10.3. The minimum atomic E-state index is -1.75. The number of ether oxygens (including phenoxy) is 4. The van der Waals surface area contributed by atoms with Crippen LogP contribution in [-0.4, -0.2) is 143 Å². The molecule has 2 heterocycles. The summed E-state index contributed by atoms with van der Waals surface area (Å²) in [7, 11) is 1.58. The van der Waals surface area contributed by atoms with Gasteiger partial charge in [0.2, 0.25) is 6.29 Å². The molecule has 48 heavy (non-hydrogen) atoms. The number of nitrogens with one attached hydrogen (secondary N) is 5. The third kappa shape index (κ3) is 8.06. The first-order chi connectivity index (χ1) is 22.6. The molecule has 17 N–H and O–H groups in total. The summed E-state index contributed by atoms with van der Waals surface area (Å²) in [6.07, 6.45) is -2.88. The highest BCUT2D eigenvalue weighted by atomic mass is 16.7. The van der Waals surface area contributed by atoms with Crippen molar-refractivity contribution in [2.24, 2.45) is 28.9 Å². The van der Waals surface area contributed by atoms with Crippen molar-refractivity contribution in [2.75, 3.05) is 26.7 Å². The number of hydrogen-bond acceptors (Lipinski definition) is 15. The van der Waals surface area contributed by atoms with Gasteiger partial charge in [-0.15, -0.1) is 0 Å². The Labute approximate surface area is 280 Å². The van der Waals surface area contributed by atoms with E-state index in [-0.39, 0.29) is 56.5 Å². The van der Waals surface area contributed by atoms with Gasteiger partial charge in [0.1, 0.15) is 41.4 Å². The van der Waals surface area contributed by atoms with E-state index < -0.39 is 72.2 Å². The Balaban J connectivity index is 1.33. The molecule has 4 fully saturated rings. The molecule has 2 aliphatic heterocycles. The first-order valence-electron chi connectivity index (χ1n) is 16.8. The van der Waals surface area contributed by atoms with Crippen LogP contribution in [-0.2, 0) is 23.7 Å². The highest BCUT2D eigenvalue weighted by Gasteiger charge is 2.54. The number of nitrogens with two attached hydrogens (primary N) is 4. The van der Waals surface area contributed by atoms with Crippen LogP contribution in [0, 0.1) is 11.3 Å². The quantitative estimate of drug-likeness (QED) is 0.0676. The van der Waals surface area contributed by atoms with E-state index in [0.29, 0.717) is 24.6 Å². The van der Waals surface area contributed by atoms with Gasteiger partial charge < -0.3 is 83.6 Å². The highest BCUT2D eigenvalue weighted by Crippen LogP contribution is 2.35. The van der Waals surface area contributed by atoms with Gasteiger partial charge in [-0.3, -0.25) is 10.2 Å². The maximum atomic E-state index is 13.4. The number of guanidine groups is 1. The second-order valence-electron chi connectivity index (χ2n) is 14.4. The second kappa shape index (κ2) is 15.0. The predicted octanol–water partition coefficient (Wildman–Crippen LogP) is -4.95. The molecule has 0 aromatic rings. The molecule has 3 saturated carbocycles. The number of likely N-dealkylation sites (N-methyl/N-ethyl adjacent to an activating group) is 1. The van der Waals surface area contributed by atoms with Crippen LogP contribution in [0.3, 0.4) is 0 Å².